The Kier molecular flexibility index (Phi) is 5.86. The Morgan fingerprint density at radius 2 is 2.04 bits per heavy atom. The van der Waals surface area contributed by atoms with Crippen LogP contribution in [-0.4, -0.2) is 33.7 Å². The van der Waals surface area contributed by atoms with Gasteiger partial charge in [-0.2, -0.15) is 0 Å². The third kappa shape index (κ3) is 4.46. The predicted octanol–water partition coefficient (Wildman–Crippen LogP) is 3.90. The highest BCUT2D eigenvalue weighted by atomic mass is 32.2. The molecular formula is C18H18FNO3S2. The van der Waals surface area contributed by atoms with Crippen LogP contribution in [0.2, 0.25) is 0 Å². The molecule has 1 saturated heterocycles. The van der Waals surface area contributed by atoms with Crippen LogP contribution in [0, 0.1) is 5.82 Å². The lowest BCUT2D eigenvalue weighted by Crippen LogP contribution is -2.36. The molecule has 4 nitrogen and oxygen atoms in total. The van der Waals surface area contributed by atoms with Crippen LogP contribution in [0.1, 0.15) is 37.7 Å². The largest absolute Gasteiger partial charge is 0.461 e. The van der Waals surface area contributed by atoms with E-state index < -0.39 is 11.8 Å². The van der Waals surface area contributed by atoms with Crippen molar-refractivity contribution in [2.45, 2.75) is 38.2 Å². The van der Waals surface area contributed by atoms with Crippen LogP contribution in [0.15, 0.2) is 29.2 Å². The highest BCUT2D eigenvalue weighted by Crippen LogP contribution is 2.33. The fourth-order valence-electron chi connectivity index (χ4n) is 2.90. The summed E-state index contributed by atoms with van der Waals surface area (Å²) in [5.41, 5.74) is 0.313. The van der Waals surface area contributed by atoms with Crippen LogP contribution < -0.4 is 0 Å². The van der Waals surface area contributed by atoms with Crippen molar-refractivity contribution in [2.75, 3.05) is 6.54 Å². The number of esters is 1. The molecule has 1 aliphatic heterocycles. The molecule has 1 aliphatic carbocycles. The number of amides is 1. The molecule has 0 atom stereocenters. The molecular weight excluding hydrogens is 361 g/mol. The number of rotatable bonds is 4. The lowest BCUT2D eigenvalue weighted by molar-refractivity contribution is -0.152. The minimum Gasteiger partial charge on any atom is -0.461 e. The monoisotopic (exact) mass is 379 g/mol. The van der Waals surface area contributed by atoms with Gasteiger partial charge in [0.1, 0.15) is 22.8 Å². The Hall–Kier alpha value is -1.73. The summed E-state index contributed by atoms with van der Waals surface area (Å²) >= 11 is 6.26. The Bertz CT molecular complexity index is 729. The van der Waals surface area contributed by atoms with E-state index >= 15 is 0 Å². The maximum Gasteiger partial charge on any atom is 0.326 e. The van der Waals surface area contributed by atoms with Gasteiger partial charge in [-0.25, -0.2) is 4.39 Å². The summed E-state index contributed by atoms with van der Waals surface area (Å²) < 4.78 is 19.5. The molecule has 1 aromatic carbocycles. The van der Waals surface area contributed by atoms with Crippen LogP contribution in [0.25, 0.3) is 6.08 Å². The standard InChI is InChI=1S/C18H18FNO3S2/c19-14-9-5-4-6-12(14)10-15-17(22)20(18(24)25-15)11-16(21)23-13-7-2-1-3-8-13/h4-6,9-10,13H,1-3,7-8,11H2. The van der Waals surface area contributed by atoms with E-state index in [1.807, 2.05) is 0 Å². The molecule has 0 spiro atoms. The van der Waals surface area contributed by atoms with Gasteiger partial charge in [-0.3, -0.25) is 14.5 Å². The summed E-state index contributed by atoms with van der Waals surface area (Å²) in [7, 11) is 0. The molecule has 1 heterocycles. The first kappa shape index (κ1) is 18.1. The first-order chi connectivity index (χ1) is 12.0. The van der Waals surface area contributed by atoms with Gasteiger partial charge in [0, 0.05) is 5.56 Å². The van der Waals surface area contributed by atoms with E-state index in [0.29, 0.717) is 10.5 Å². The molecule has 1 aromatic rings. The molecule has 2 fully saturated rings. The fourth-order valence-corrected chi connectivity index (χ4v) is 4.15. The minimum absolute atomic E-state index is 0.0615. The number of hydrogen-bond acceptors (Lipinski definition) is 5. The first-order valence-electron chi connectivity index (χ1n) is 8.24. The summed E-state index contributed by atoms with van der Waals surface area (Å²) in [5, 5.41) is 0. The maximum absolute atomic E-state index is 13.7. The molecule has 7 heteroatoms. The van der Waals surface area contributed by atoms with Gasteiger partial charge in [-0.05, 0) is 37.8 Å². The summed E-state index contributed by atoms with van der Waals surface area (Å²) in [6.45, 7) is -0.199. The minimum atomic E-state index is -0.449. The van der Waals surface area contributed by atoms with Gasteiger partial charge >= 0.3 is 5.97 Å². The molecule has 1 saturated carbocycles. The van der Waals surface area contributed by atoms with Gasteiger partial charge in [-0.1, -0.05) is 48.6 Å². The van der Waals surface area contributed by atoms with Crippen LogP contribution in [0.3, 0.4) is 0 Å². The van der Waals surface area contributed by atoms with Gasteiger partial charge in [0.05, 0.1) is 4.91 Å². The van der Waals surface area contributed by atoms with Gasteiger partial charge in [-0.15, -0.1) is 0 Å². The molecule has 0 bridgehead atoms. The van der Waals surface area contributed by atoms with E-state index in [-0.39, 0.29) is 22.9 Å². The van der Waals surface area contributed by atoms with Crippen molar-refractivity contribution < 1.29 is 18.7 Å². The Morgan fingerprint density at radius 1 is 1.32 bits per heavy atom. The van der Waals surface area contributed by atoms with Crippen LogP contribution in [-0.2, 0) is 14.3 Å². The average molecular weight is 379 g/mol. The van der Waals surface area contributed by atoms with E-state index in [0.717, 1.165) is 37.4 Å². The van der Waals surface area contributed by atoms with Crippen molar-refractivity contribution in [3.05, 3.63) is 40.6 Å². The molecule has 25 heavy (non-hydrogen) atoms. The van der Waals surface area contributed by atoms with Crippen molar-refractivity contribution in [3.63, 3.8) is 0 Å². The predicted molar refractivity (Wildman–Crippen MR) is 99.2 cm³/mol. The molecule has 2 aliphatic rings. The Labute approximate surface area is 155 Å². The molecule has 0 aromatic heterocycles. The molecule has 0 unspecified atom stereocenters. The van der Waals surface area contributed by atoms with Gasteiger partial charge in [0.2, 0.25) is 0 Å². The number of ether oxygens (including phenoxy) is 1. The van der Waals surface area contributed by atoms with Crippen molar-refractivity contribution in [2.24, 2.45) is 0 Å². The highest BCUT2D eigenvalue weighted by molar-refractivity contribution is 8.26. The zero-order valence-corrected chi connectivity index (χ0v) is 15.2. The summed E-state index contributed by atoms with van der Waals surface area (Å²) in [6.07, 6.45) is 6.43. The lowest BCUT2D eigenvalue weighted by Gasteiger charge is -2.23. The maximum atomic E-state index is 13.7. The second kappa shape index (κ2) is 8.10. The van der Waals surface area contributed by atoms with Gasteiger partial charge in [0.15, 0.2) is 0 Å². The number of carbonyl (C=O) groups excluding carboxylic acids is 2. The van der Waals surface area contributed by atoms with E-state index in [1.54, 1.807) is 18.2 Å². The lowest BCUT2D eigenvalue weighted by atomic mass is 9.98. The van der Waals surface area contributed by atoms with E-state index in [4.69, 9.17) is 17.0 Å². The number of nitrogens with zero attached hydrogens (tertiary/aromatic N) is 1. The van der Waals surface area contributed by atoms with Crippen molar-refractivity contribution in [3.8, 4) is 0 Å². The number of halogens is 1. The number of thiocarbonyl (C=S) groups is 1. The second-order valence-corrected chi connectivity index (χ2v) is 7.72. The van der Waals surface area contributed by atoms with E-state index in [2.05, 4.69) is 0 Å². The zero-order chi connectivity index (χ0) is 17.8. The zero-order valence-electron chi connectivity index (χ0n) is 13.6. The first-order valence-corrected chi connectivity index (χ1v) is 9.46. The Morgan fingerprint density at radius 3 is 2.76 bits per heavy atom. The third-order valence-corrected chi connectivity index (χ3v) is 5.58. The third-order valence-electron chi connectivity index (χ3n) is 4.20. The number of thioether (sulfide) groups is 1. The summed E-state index contributed by atoms with van der Waals surface area (Å²) in [4.78, 5) is 26.1. The topological polar surface area (TPSA) is 46.6 Å². The van der Waals surface area contributed by atoms with Crippen LogP contribution in [0.5, 0.6) is 0 Å². The van der Waals surface area contributed by atoms with Crippen LogP contribution in [0.4, 0.5) is 4.39 Å². The van der Waals surface area contributed by atoms with E-state index in [9.17, 15) is 14.0 Å². The second-order valence-electron chi connectivity index (χ2n) is 6.04. The number of hydrogen-bond donors (Lipinski definition) is 0. The summed E-state index contributed by atoms with van der Waals surface area (Å²) in [5.74, 6) is -1.25. The smallest absolute Gasteiger partial charge is 0.326 e. The Balaban J connectivity index is 1.65. The molecule has 132 valence electrons. The van der Waals surface area contributed by atoms with Crippen molar-refractivity contribution >= 4 is 46.3 Å². The molecule has 0 N–H and O–H groups in total. The molecule has 0 radical (unpaired) electrons. The molecule has 3 rings (SSSR count). The van der Waals surface area contributed by atoms with Crippen molar-refractivity contribution in [1.29, 1.82) is 0 Å². The fraction of sp³-hybridized carbons (Fsp3) is 0.389. The summed E-state index contributed by atoms with van der Waals surface area (Å²) in [6, 6.07) is 6.18. The quantitative estimate of drug-likeness (QED) is 0.451. The average Bonchev–Trinajstić information content (AvgIpc) is 2.85. The van der Waals surface area contributed by atoms with Crippen molar-refractivity contribution in [1.82, 2.24) is 4.90 Å². The number of carbonyl (C=O) groups is 2. The normalized spacial score (nSPS) is 20.4. The highest BCUT2D eigenvalue weighted by Gasteiger charge is 2.34. The number of benzene rings is 1. The van der Waals surface area contributed by atoms with Crippen LogP contribution >= 0.6 is 24.0 Å². The SMILES string of the molecule is O=C(CN1C(=O)C(=Cc2ccccc2F)SC1=S)OC1CCCCC1. The molecule has 1 amide bonds. The van der Waals surface area contributed by atoms with E-state index in [1.165, 1.54) is 23.5 Å². The van der Waals surface area contributed by atoms with Gasteiger partial charge in [0.25, 0.3) is 5.91 Å². The van der Waals surface area contributed by atoms with Gasteiger partial charge < -0.3 is 4.74 Å².